The monoisotopic (exact) mass is 366 g/mol. The van der Waals surface area contributed by atoms with Crippen molar-refractivity contribution in [3.8, 4) is 23.0 Å². The molecule has 1 N–H and O–H groups in total. The number of ether oxygens (including phenoxy) is 1. The maximum absolute atomic E-state index is 10.9. The molecule has 3 aromatic rings. The molecule has 0 spiro atoms. The first-order chi connectivity index (χ1) is 11.7. The van der Waals surface area contributed by atoms with Crippen LogP contribution in [0.1, 0.15) is 1.43 Å². The normalized spacial score (nSPS) is 10.1. The molecule has 0 aliphatic heterocycles. The van der Waals surface area contributed by atoms with Crippen molar-refractivity contribution in [2.24, 2.45) is 0 Å². The Hall–Kier alpha value is -1.87. The SMILES string of the molecule is COc1cccc(-n2c(SCC(=O)O)nnc2-c2ccccn2)c1.[H-].[Na+]. The molecular formula is C16H15N4NaO3S. The van der Waals surface area contributed by atoms with Gasteiger partial charge in [0.15, 0.2) is 11.0 Å². The van der Waals surface area contributed by atoms with E-state index in [0.717, 1.165) is 17.4 Å². The number of carboxylic acid groups (broad SMARTS) is 1. The van der Waals surface area contributed by atoms with Crippen LogP contribution in [0.15, 0.2) is 53.8 Å². The summed E-state index contributed by atoms with van der Waals surface area (Å²) in [7, 11) is 1.59. The van der Waals surface area contributed by atoms with Crippen LogP contribution in [-0.4, -0.2) is 43.7 Å². The van der Waals surface area contributed by atoms with Gasteiger partial charge < -0.3 is 11.3 Å². The van der Waals surface area contributed by atoms with Gasteiger partial charge in [0.1, 0.15) is 11.4 Å². The van der Waals surface area contributed by atoms with E-state index in [1.807, 2.05) is 42.5 Å². The Balaban J connectivity index is 0.00000169. The third-order valence-electron chi connectivity index (χ3n) is 3.16. The van der Waals surface area contributed by atoms with Gasteiger partial charge in [-0.25, -0.2) is 0 Å². The Morgan fingerprint density at radius 3 is 2.80 bits per heavy atom. The Bertz CT molecular complexity index is 864. The number of aliphatic carboxylic acids is 1. The second-order valence-electron chi connectivity index (χ2n) is 4.74. The summed E-state index contributed by atoms with van der Waals surface area (Å²) >= 11 is 1.10. The van der Waals surface area contributed by atoms with Gasteiger partial charge in [0.25, 0.3) is 0 Å². The average molecular weight is 366 g/mol. The molecule has 0 fully saturated rings. The summed E-state index contributed by atoms with van der Waals surface area (Å²) in [5.74, 6) is 0.198. The molecule has 1 aromatic carbocycles. The van der Waals surface area contributed by atoms with Crippen molar-refractivity contribution < 1.29 is 45.6 Å². The Kier molecular flexibility index (Phi) is 7.01. The van der Waals surface area contributed by atoms with Crippen molar-refractivity contribution in [2.75, 3.05) is 12.9 Å². The maximum Gasteiger partial charge on any atom is 1.00 e. The Labute approximate surface area is 172 Å². The molecule has 124 valence electrons. The number of thioether (sulfide) groups is 1. The number of pyridine rings is 1. The van der Waals surface area contributed by atoms with Crippen LogP contribution < -0.4 is 34.3 Å². The number of aromatic nitrogens is 4. The minimum Gasteiger partial charge on any atom is -1.00 e. The second kappa shape index (κ2) is 9.00. The van der Waals surface area contributed by atoms with Crippen molar-refractivity contribution in [1.29, 1.82) is 0 Å². The van der Waals surface area contributed by atoms with Crippen LogP contribution in [-0.2, 0) is 4.79 Å². The van der Waals surface area contributed by atoms with E-state index in [1.54, 1.807) is 17.9 Å². The van der Waals surface area contributed by atoms with E-state index < -0.39 is 5.97 Å². The van der Waals surface area contributed by atoms with Crippen LogP contribution in [0.4, 0.5) is 0 Å². The van der Waals surface area contributed by atoms with Gasteiger partial charge in [-0.05, 0) is 24.3 Å². The Morgan fingerprint density at radius 2 is 2.12 bits per heavy atom. The van der Waals surface area contributed by atoms with Gasteiger partial charge in [0.2, 0.25) is 0 Å². The summed E-state index contributed by atoms with van der Waals surface area (Å²) in [5.41, 5.74) is 1.42. The van der Waals surface area contributed by atoms with Crippen LogP contribution in [0.3, 0.4) is 0 Å². The first-order valence-corrected chi connectivity index (χ1v) is 8.03. The largest absolute Gasteiger partial charge is 1.00 e. The first kappa shape index (κ1) is 19.5. The van der Waals surface area contributed by atoms with Crippen molar-refractivity contribution in [2.45, 2.75) is 5.16 Å². The van der Waals surface area contributed by atoms with Crippen molar-refractivity contribution in [1.82, 2.24) is 19.7 Å². The molecule has 0 saturated heterocycles. The van der Waals surface area contributed by atoms with E-state index >= 15 is 0 Å². The quantitative estimate of drug-likeness (QED) is 0.470. The number of carbonyl (C=O) groups is 1. The zero-order chi connectivity index (χ0) is 16.9. The molecular weight excluding hydrogens is 351 g/mol. The van der Waals surface area contributed by atoms with Gasteiger partial charge >= 0.3 is 35.5 Å². The molecule has 2 heterocycles. The van der Waals surface area contributed by atoms with Gasteiger partial charge in [0, 0.05) is 12.3 Å². The number of nitrogens with zero attached hydrogens (tertiary/aromatic N) is 4. The van der Waals surface area contributed by atoms with Gasteiger partial charge in [-0.2, -0.15) is 0 Å². The third-order valence-corrected chi connectivity index (χ3v) is 4.08. The van der Waals surface area contributed by atoms with E-state index in [-0.39, 0.29) is 36.7 Å². The van der Waals surface area contributed by atoms with Crippen LogP contribution in [0.25, 0.3) is 17.2 Å². The minimum atomic E-state index is -0.917. The summed E-state index contributed by atoms with van der Waals surface area (Å²) in [6.45, 7) is 0. The van der Waals surface area contributed by atoms with Crippen LogP contribution >= 0.6 is 11.8 Å². The molecule has 0 aliphatic carbocycles. The molecule has 0 amide bonds. The van der Waals surface area contributed by atoms with Crippen molar-refractivity contribution in [3.63, 3.8) is 0 Å². The first-order valence-electron chi connectivity index (χ1n) is 7.05. The summed E-state index contributed by atoms with van der Waals surface area (Å²) in [6.07, 6.45) is 1.67. The summed E-state index contributed by atoms with van der Waals surface area (Å²) in [6, 6.07) is 12.9. The summed E-state index contributed by atoms with van der Waals surface area (Å²) in [5, 5.41) is 17.7. The molecule has 0 saturated carbocycles. The topological polar surface area (TPSA) is 90.1 Å². The zero-order valence-corrected chi connectivity index (χ0v) is 16.6. The van der Waals surface area contributed by atoms with Gasteiger partial charge in [-0.1, -0.05) is 23.9 Å². The number of benzene rings is 1. The van der Waals surface area contributed by atoms with Crippen molar-refractivity contribution in [3.05, 3.63) is 48.7 Å². The van der Waals surface area contributed by atoms with Crippen LogP contribution in [0.2, 0.25) is 0 Å². The van der Waals surface area contributed by atoms with Crippen LogP contribution in [0, 0.1) is 0 Å². The number of rotatable bonds is 6. The van der Waals surface area contributed by atoms with E-state index in [9.17, 15) is 4.79 Å². The van der Waals surface area contributed by atoms with E-state index in [2.05, 4.69) is 15.2 Å². The van der Waals surface area contributed by atoms with Crippen LogP contribution in [0.5, 0.6) is 5.75 Å². The molecule has 0 unspecified atom stereocenters. The summed E-state index contributed by atoms with van der Waals surface area (Å²) < 4.78 is 7.04. The number of carboxylic acids is 1. The summed E-state index contributed by atoms with van der Waals surface area (Å²) in [4.78, 5) is 15.2. The van der Waals surface area contributed by atoms with E-state index in [0.29, 0.717) is 22.4 Å². The molecule has 25 heavy (non-hydrogen) atoms. The molecule has 0 aliphatic rings. The van der Waals surface area contributed by atoms with Crippen molar-refractivity contribution >= 4 is 17.7 Å². The average Bonchev–Trinajstić information content (AvgIpc) is 3.04. The van der Waals surface area contributed by atoms with E-state index in [4.69, 9.17) is 9.84 Å². The molecule has 9 heteroatoms. The fraction of sp³-hybridized carbons (Fsp3) is 0.125. The molecule has 0 bridgehead atoms. The predicted octanol–water partition coefficient (Wildman–Crippen LogP) is -0.369. The molecule has 2 aromatic heterocycles. The number of methoxy groups -OCH3 is 1. The van der Waals surface area contributed by atoms with Gasteiger partial charge in [0.05, 0.1) is 18.6 Å². The molecule has 0 radical (unpaired) electrons. The third kappa shape index (κ3) is 4.60. The van der Waals surface area contributed by atoms with Gasteiger partial charge in [-0.3, -0.25) is 14.3 Å². The fourth-order valence-electron chi connectivity index (χ4n) is 2.13. The maximum atomic E-state index is 10.9. The zero-order valence-electron chi connectivity index (χ0n) is 14.8. The smallest absolute Gasteiger partial charge is 1.00 e. The predicted molar refractivity (Wildman–Crippen MR) is 90.6 cm³/mol. The minimum absolute atomic E-state index is 0. The fourth-order valence-corrected chi connectivity index (χ4v) is 2.81. The Morgan fingerprint density at radius 1 is 1.28 bits per heavy atom. The molecule has 3 rings (SSSR count). The second-order valence-corrected chi connectivity index (χ2v) is 5.68. The number of hydrogen-bond acceptors (Lipinski definition) is 6. The number of hydrogen-bond donors (Lipinski definition) is 1. The molecule has 0 atom stereocenters. The standard InChI is InChI=1S/C16H14N4O3S.Na.H/c1-23-12-6-4-5-11(9-12)20-15(13-7-2-3-8-17-13)18-19-16(20)24-10-14(21)22;;/h2-9H,10H2,1H3,(H,21,22);;/q;+1;-1. The van der Waals surface area contributed by atoms with E-state index in [1.165, 1.54) is 0 Å². The van der Waals surface area contributed by atoms with Gasteiger partial charge in [-0.15, -0.1) is 10.2 Å². The molecule has 7 nitrogen and oxygen atoms in total.